The summed E-state index contributed by atoms with van der Waals surface area (Å²) in [4.78, 5) is 41.5. The number of carbonyl (C=O) groups is 2. The summed E-state index contributed by atoms with van der Waals surface area (Å²) < 4.78 is 0. The van der Waals surface area contributed by atoms with E-state index in [4.69, 9.17) is 0 Å². The summed E-state index contributed by atoms with van der Waals surface area (Å²) in [5.41, 5.74) is 2.21. The van der Waals surface area contributed by atoms with Crippen LogP contribution in [0.4, 0.5) is 5.69 Å². The zero-order chi connectivity index (χ0) is 20.5. The maximum absolute atomic E-state index is 12.7. The van der Waals surface area contributed by atoms with Gasteiger partial charge in [0.1, 0.15) is 5.56 Å². The zero-order valence-corrected chi connectivity index (χ0v) is 16.2. The van der Waals surface area contributed by atoms with Gasteiger partial charge in [-0.3, -0.25) is 34.4 Å². The first-order chi connectivity index (χ1) is 13.9. The first-order valence-corrected chi connectivity index (χ1v) is 9.58. The number of rotatable bonds is 5. The van der Waals surface area contributed by atoms with Gasteiger partial charge in [0.05, 0.1) is 17.2 Å². The molecule has 0 aromatic heterocycles. The van der Waals surface area contributed by atoms with Crippen LogP contribution in [0.25, 0.3) is 0 Å². The van der Waals surface area contributed by atoms with Gasteiger partial charge in [0.2, 0.25) is 0 Å². The Morgan fingerprint density at radius 3 is 2.34 bits per heavy atom. The minimum atomic E-state index is -0.614. The molecule has 2 aliphatic heterocycles. The molecule has 1 fully saturated rings. The quantitative estimate of drug-likeness (QED) is 0.439. The van der Waals surface area contributed by atoms with Gasteiger partial charge in [-0.05, 0) is 18.6 Å². The first kappa shape index (κ1) is 19.2. The van der Waals surface area contributed by atoms with E-state index >= 15 is 0 Å². The highest BCUT2D eigenvalue weighted by Crippen LogP contribution is 2.30. The Labute approximate surface area is 168 Å². The van der Waals surface area contributed by atoms with Crippen LogP contribution < -0.4 is 0 Å². The van der Waals surface area contributed by atoms with E-state index in [9.17, 15) is 19.7 Å². The minimum Gasteiger partial charge on any atom is -0.297 e. The Morgan fingerprint density at radius 2 is 1.66 bits per heavy atom. The van der Waals surface area contributed by atoms with Crippen LogP contribution in [0.1, 0.15) is 31.8 Å². The molecule has 0 unspecified atom stereocenters. The molecule has 1 saturated heterocycles. The Morgan fingerprint density at radius 1 is 0.966 bits per heavy atom. The summed E-state index contributed by atoms with van der Waals surface area (Å²) >= 11 is 0. The van der Waals surface area contributed by atoms with Crippen molar-refractivity contribution in [2.45, 2.75) is 13.5 Å². The van der Waals surface area contributed by atoms with Gasteiger partial charge < -0.3 is 0 Å². The van der Waals surface area contributed by atoms with Crippen molar-refractivity contribution in [3.8, 4) is 0 Å². The lowest BCUT2D eigenvalue weighted by molar-refractivity contribution is -0.385. The average molecular weight is 394 g/mol. The lowest BCUT2D eigenvalue weighted by Gasteiger charge is -2.36. The first-order valence-electron chi connectivity index (χ1n) is 9.58. The molecule has 2 heterocycles. The second kappa shape index (κ2) is 7.73. The van der Waals surface area contributed by atoms with E-state index < -0.39 is 16.7 Å². The van der Waals surface area contributed by atoms with Gasteiger partial charge in [-0.25, -0.2) is 0 Å². The molecule has 0 atom stereocenters. The second-order valence-corrected chi connectivity index (χ2v) is 7.52. The van der Waals surface area contributed by atoms with Gasteiger partial charge in [-0.2, -0.15) is 0 Å². The molecule has 29 heavy (non-hydrogen) atoms. The molecule has 2 aromatic rings. The highest BCUT2D eigenvalue weighted by Gasteiger charge is 2.41. The largest absolute Gasteiger partial charge is 0.297 e. The van der Waals surface area contributed by atoms with Gasteiger partial charge in [-0.15, -0.1) is 0 Å². The summed E-state index contributed by atoms with van der Waals surface area (Å²) in [7, 11) is 0. The number of piperazine rings is 1. The lowest BCUT2D eigenvalue weighted by Crippen LogP contribution is -2.50. The molecule has 2 aromatic carbocycles. The minimum absolute atomic E-state index is 0.0967. The molecule has 8 heteroatoms. The lowest BCUT2D eigenvalue weighted by atomic mass is 10.1. The number of aryl methyl sites for hydroxylation is 1. The third kappa shape index (κ3) is 3.76. The molecule has 0 bridgehead atoms. The third-order valence-electron chi connectivity index (χ3n) is 5.47. The number of nitro groups is 1. The molecule has 4 rings (SSSR count). The molecule has 0 spiro atoms. The van der Waals surface area contributed by atoms with E-state index in [0.717, 1.165) is 37.6 Å². The number of amides is 2. The van der Waals surface area contributed by atoms with Crippen molar-refractivity contribution in [2.24, 2.45) is 0 Å². The fourth-order valence-corrected chi connectivity index (χ4v) is 3.95. The van der Waals surface area contributed by atoms with Crippen LogP contribution in [0.2, 0.25) is 0 Å². The van der Waals surface area contributed by atoms with Crippen LogP contribution in [0, 0.1) is 17.0 Å². The highest BCUT2D eigenvalue weighted by molar-refractivity contribution is 6.23. The summed E-state index contributed by atoms with van der Waals surface area (Å²) in [5, 5.41) is 11.2. The molecule has 0 aliphatic carbocycles. The summed E-state index contributed by atoms with van der Waals surface area (Å²) in [6.45, 7) is 6.21. The molecule has 0 N–H and O–H groups in total. The number of hydrogen-bond acceptors (Lipinski definition) is 6. The smallest absolute Gasteiger partial charge is 0.282 e. The Kier molecular flexibility index (Phi) is 5.12. The van der Waals surface area contributed by atoms with Gasteiger partial charge in [0, 0.05) is 38.8 Å². The maximum atomic E-state index is 12.7. The van der Waals surface area contributed by atoms with Crippen LogP contribution in [0.3, 0.4) is 0 Å². The number of benzene rings is 2. The average Bonchev–Trinajstić information content (AvgIpc) is 2.94. The van der Waals surface area contributed by atoms with Crippen molar-refractivity contribution in [1.29, 1.82) is 0 Å². The Bertz CT molecular complexity index is 982. The van der Waals surface area contributed by atoms with Gasteiger partial charge >= 0.3 is 0 Å². The van der Waals surface area contributed by atoms with E-state index in [1.54, 1.807) is 0 Å². The van der Waals surface area contributed by atoms with Crippen LogP contribution in [-0.4, -0.2) is 64.3 Å². The molecule has 2 amide bonds. The second-order valence-electron chi connectivity index (χ2n) is 7.52. The predicted octanol–water partition coefficient (Wildman–Crippen LogP) is 2.27. The van der Waals surface area contributed by atoms with Crippen LogP contribution in [0.5, 0.6) is 0 Å². The standard InChI is InChI=1S/C21H22N4O4/c1-15-4-2-5-16(12-15)13-22-8-10-23(11-9-22)14-24-20(26)17-6-3-7-18(25(28)29)19(17)21(24)27/h2-7,12H,8-11,13-14H2,1H3. The van der Waals surface area contributed by atoms with Crippen molar-refractivity contribution < 1.29 is 14.5 Å². The number of imide groups is 1. The summed E-state index contributed by atoms with van der Waals surface area (Å²) in [6.07, 6.45) is 0. The van der Waals surface area contributed by atoms with E-state index in [1.807, 2.05) is 4.90 Å². The van der Waals surface area contributed by atoms with Crippen molar-refractivity contribution in [3.05, 3.63) is 74.8 Å². The van der Waals surface area contributed by atoms with Gasteiger partial charge in [0.15, 0.2) is 0 Å². The van der Waals surface area contributed by atoms with Crippen LogP contribution in [0.15, 0.2) is 42.5 Å². The van der Waals surface area contributed by atoms with Crippen LogP contribution in [-0.2, 0) is 6.54 Å². The molecule has 8 nitrogen and oxygen atoms in total. The third-order valence-corrected chi connectivity index (χ3v) is 5.47. The molecule has 2 aliphatic rings. The molecular weight excluding hydrogens is 372 g/mol. The number of nitrogens with zero attached hydrogens (tertiary/aromatic N) is 4. The van der Waals surface area contributed by atoms with E-state index in [0.29, 0.717) is 0 Å². The highest BCUT2D eigenvalue weighted by atomic mass is 16.6. The van der Waals surface area contributed by atoms with Crippen molar-refractivity contribution in [2.75, 3.05) is 32.8 Å². The number of hydrogen-bond donors (Lipinski definition) is 0. The van der Waals surface area contributed by atoms with Crippen molar-refractivity contribution in [3.63, 3.8) is 0 Å². The summed E-state index contributed by atoms with van der Waals surface area (Å²) in [5.74, 6) is -1.05. The van der Waals surface area contributed by atoms with E-state index in [1.165, 1.54) is 29.3 Å². The van der Waals surface area contributed by atoms with Crippen molar-refractivity contribution >= 4 is 17.5 Å². The maximum Gasteiger partial charge on any atom is 0.282 e. The molecule has 150 valence electrons. The number of fused-ring (bicyclic) bond motifs is 1. The van der Waals surface area contributed by atoms with Gasteiger partial charge in [0.25, 0.3) is 17.5 Å². The normalized spacial score (nSPS) is 17.6. The van der Waals surface area contributed by atoms with Crippen LogP contribution >= 0.6 is 0 Å². The zero-order valence-electron chi connectivity index (χ0n) is 16.2. The molecular formula is C21H22N4O4. The monoisotopic (exact) mass is 394 g/mol. The van der Waals surface area contributed by atoms with E-state index in [2.05, 4.69) is 36.1 Å². The predicted molar refractivity (Wildman–Crippen MR) is 106 cm³/mol. The SMILES string of the molecule is Cc1cccc(CN2CCN(CN3C(=O)c4cccc([N+](=O)[O-])c4C3=O)CC2)c1. The van der Waals surface area contributed by atoms with E-state index in [-0.39, 0.29) is 23.5 Å². The fourth-order valence-electron chi connectivity index (χ4n) is 3.95. The Hall–Kier alpha value is -3.10. The molecule has 0 saturated carbocycles. The Balaban J connectivity index is 1.39. The van der Waals surface area contributed by atoms with Crippen molar-refractivity contribution in [1.82, 2.24) is 14.7 Å². The molecule has 0 radical (unpaired) electrons. The topological polar surface area (TPSA) is 87.0 Å². The fraction of sp³-hybridized carbons (Fsp3) is 0.333. The van der Waals surface area contributed by atoms with Gasteiger partial charge in [-0.1, -0.05) is 35.9 Å². The number of nitro benzene ring substituents is 1. The summed E-state index contributed by atoms with van der Waals surface area (Å²) in [6, 6.07) is 12.6. The number of carbonyl (C=O) groups excluding carboxylic acids is 2.